The summed E-state index contributed by atoms with van der Waals surface area (Å²) in [7, 11) is 4.68. The van der Waals surface area contributed by atoms with E-state index in [0.717, 1.165) is 16.6 Å². The van der Waals surface area contributed by atoms with Crippen LogP contribution >= 0.6 is 31.9 Å². The predicted octanol–water partition coefficient (Wildman–Crippen LogP) is 5.94. The van der Waals surface area contributed by atoms with Gasteiger partial charge < -0.3 is 29.4 Å². The van der Waals surface area contributed by atoms with E-state index in [2.05, 4.69) is 46.8 Å². The molecule has 3 N–H and O–H groups in total. The van der Waals surface area contributed by atoms with E-state index < -0.39 is 0 Å². The maximum Gasteiger partial charge on any atom is 0.204 e. The Kier molecular flexibility index (Phi) is 6.48. The van der Waals surface area contributed by atoms with Crippen molar-refractivity contribution in [3.63, 3.8) is 0 Å². The van der Waals surface area contributed by atoms with Crippen LogP contribution in [0.1, 0.15) is 5.56 Å². The van der Waals surface area contributed by atoms with E-state index in [9.17, 15) is 10.2 Å². The van der Waals surface area contributed by atoms with Crippen molar-refractivity contribution < 1.29 is 24.4 Å². The monoisotopic (exact) mass is 575 g/mol. The largest absolute Gasteiger partial charge is 0.506 e. The second-order valence-electron chi connectivity index (χ2n) is 6.89. The van der Waals surface area contributed by atoms with Crippen LogP contribution in [-0.2, 0) is 0 Å². The highest BCUT2D eigenvalue weighted by atomic mass is 79.9. The molecule has 0 aliphatic heterocycles. The fourth-order valence-electron chi connectivity index (χ4n) is 3.35. The molecule has 0 bridgehead atoms. The van der Waals surface area contributed by atoms with E-state index in [0.29, 0.717) is 38.8 Å². The number of ether oxygens (including phenoxy) is 3. The number of benzene rings is 3. The zero-order chi connectivity index (χ0) is 23.7. The Balaban J connectivity index is 1.72. The van der Waals surface area contributed by atoms with Crippen LogP contribution in [-0.4, -0.2) is 47.7 Å². The number of rotatable bonds is 6. The van der Waals surface area contributed by atoms with Crippen LogP contribution < -0.4 is 14.2 Å². The Bertz CT molecular complexity index is 1380. The molecule has 0 saturated heterocycles. The number of hydrogen-bond donors (Lipinski definition) is 3. The smallest absolute Gasteiger partial charge is 0.204 e. The van der Waals surface area contributed by atoms with Crippen molar-refractivity contribution in [2.24, 2.45) is 4.99 Å². The minimum atomic E-state index is -0.107. The number of nitrogens with one attached hydrogen (secondary N) is 1. The Morgan fingerprint density at radius 2 is 1.70 bits per heavy atom. The molecule has 33 heavy (non-hydrogen) atoms. The van der Waals surface area contributed by atoms with Gasteiger partial charge in [-0.1, -0.05) is 0 Å². The van der Waals surface area contributed by atoms with Gasteiger partial charge in [-0.2, -0.15) is 0 Å². The Morgan fingerprint density at radius 1 is 0.939 bits per heavy atom. The molecular weight excluding hydrogens is 558 g/mol. The van der Waals surface area contributed by atoms with Gasteiger partial charge in [0.05, 0.1) is 48.1 Å². The van der Waals surface area contributed by atoms with Crippen molar-refractivity contribution in [1.82, 2.24) is 9.97 Å². The molecule has 1 aromatic heterocycles. The first-order valence-corrected chi connectivity index (χ1v) is 11.2. The molecule has 4 rings (SSSR count). The third kappa shape index (κ3) is 4.23. The van der Waals surface area contributed by atoms with Crippen molar-refractivity contribution in [2.45, 2.75) is 0 Å². The lowest BCUT2D eigenvalue weighted by Gasteiger charge is -2.14. The van der Waals surface area contributed by atoms with E-state index in [1.54, 1.807) is 33.5 Å². The van der Waals surface area contributed by atoms with Gasteiger partial charge in [0, 0.05) is 11.8 Å². The quantitative estimate of drug-likeness (QED) is 0.245. The number of aliphatic imine (C=N–C) groups is 1. The average molecular weight is 577 g/mol. The number of hydrogen-bond acceptors (Lipinski definition) is 7. The summed E-state index contributed by atoms with van der Waals surface area (Å²) in [6.45, 7) is 0. The number of aromatic nitrogens is 2. The number of phenols is 2. The second-order valence-corrected chi connectivity index (χ2v) is 8.53. The fraction of sp³-hybridized carbons (Fsp3) is 0.130. The van der Waals surface area contributed by atoms with Crippen LogP contribution in [0.25, 0.3) is 22.4 Å². The minimum Gasteiger partial charge on any atom is -0.506 e. The number of aromatic amines is 1. The lowest BCUT2D eigenvalue weighted by atomic mass is 10.1. The summed E-state index contributed by atoms with van der Waals surface area (Å²) in [5.74, 6) is 1.96. The highest BCUT2D eigenvalue weighted by Gasteiger charge is 2.19. The highest BCUT2D eigenvalue weighted by molar-refractivity contribution is 9.11. The molecule has 0 spiro atoms. The molecule has 0 radical (unpaired) electrons. The first kappa shape index (κ1) is 22.9. The number of phenolic OH excluding ortho intramolecular Hbond substituents is 2. The number of halogens is 2. The zero-order valence-corrected chi connectivity index (χ0v) is 21.0. The van der Waals surface area contributed by atoms with Crippen molar-refractivity contribution >= 4 is 54.8 Å². The predicted molar refractivity (Wildman–Crippen MR) is 134 cm³/mol. The summed E-state index contributed by atoms with van der Waals surface area (Å²) in [4.78, 5) is 12.4. The van der Waals surface area contributed by atoms with Crippen LogP contribution in [0.3, 0.4) is 0 Å². The summed E-state index contributed by atoms with van der Waals surface area (Å²) in [5, 5.41) is 20.1. The first-order valence-electron chi connectivity index (χ1n) is 9.61. The third-order valence-electron chi connectivity index (χ3n) is 4.98. The molecule has 0 saturated carbocycles. The SMILES string of the molecule is COc1ccc(-c2nc3ccc(N=Cc4cc(Br)c(O)c(Br)c4O)cc3[nH]2)c(OC)c1OC. The van der Waals surface area contributed by atoms with Gasteiger partial charge in [0.15, 0.2) is 11.5 Å². The van der Waals surface area contributed by atoms with E-state index >= 15 is 0 Å². The van der Waals surface area contributed by atoms with Gasteiger partial charge in [-0.3, -0.25) is 4.99 Å². The molecular formula is C23H19Br2N3O5. The molecule has 8 nitrogen and oxygen atoms in total. The number of H-pyrrole nitrogens is 1. The van der Waals surface area contributed by atoms with Gasteiger partial charge in [0.2, 0.25) is 5.75 Å². The molecule has 0 atom stereocenters. The van der Waals surface area contributed by atoms with Crippen LogP contribution in [0.15, 0.2) is 50.3 Å². The molecule has 0 aliphatic rings. The van der Waals surface area contributed by atoms with E-state index in [1.807, 2.05) is 24.3 Å². The average Bonchev–Trinajstić information content (AvgIpc) is 3.26. The fourth-order valence-corrected chi connectivity index (χ4v) is 4.51. The maximum absolute atomic E-state index is 10.2. The molecule has 3 aromatic carbocycles. The Labute approximate surface area is 206 Å². The highest BCUT2D eigenvalue weighted by Crippen LogP contribution is 2.44. The first-order chi connectivity index (χ1) is 15.9. The molecule has 0 aliphatic carbocycles. The van der Waals surface area contributed by atoms with Gasteiger partial charge >= 0.3 is 0 Å². The number of methoxy groups -OCH3 is 3. The molecule has 0 amide bonds. The lowest BCUT2D eigenvalue weighted by molar-refractivity contribution is 0.325. The van der Waals surface area contributed by atoms with Gasteiger partial charge in [-0.05, 0) is 68.3 Å². The molecule has 1 heterocycles. The zero-order valence-electron chi connectivity index (χ0n) is 17.8. The second kappa shape index (κ2) is 9.32. The van der Waals surface area contributed by atoms with Crippen molar-refractivity contribution in [1.29, 1.82) is 0 Å². The van der Waals surface area contributed by atoms with Crippen molar-refractivity contribution in [2.75, 3.05) is 21.3 Å². The van der Waals surface area contributed by atoms with Gasteiger partial charge in [0.25, 0.3) is 0 Å². The Hall–Kier alpha value is -3.24. The van der Waals surface area contributed by atoms with Gasteiger partial charge in [-0.15, -0.1) is 0 Å². The molecule has 4 aromatic rings. The molecule has 10 heteroatoms. The van der Waals surface area contributed by atoms with Crippen molar-refractivity contribution in [3.05, 3.63) is 50.9 Å². The van der Waals surface area contributed by atoms with Crippen LogP contribution in [0.2, 0.25) is 0 Å². The van der Waals surface area contributed by atoms with Crippen LogP contribution in [0.5, 0.6) is 28.7 Å². The summed E-state index contributed by atoms with van der Waals surface area (Å²) in [6.07, 6.45) is 1.51. The standard InChI is InChI=1S/C23H19Br2N3O5/c1-31-17-7-5-13(21(32-2)22(17)33-3)23-27-15-6-4-12(9-16(15)28-23)26-10-11-8-14(24)20(30)18(25)19(11)29/h4-10,29-30H,1-3H3,(H,27,28). The molecule has 0 unspecified atom stereocenters. The number of nitrogens with zero attached hydrogens (tertiary/aromatic N) is 2. The Morgan fingerprint density at radius 3 is 2.39 bits per heavy atom. The number of aromatic hydroxyl groups is 2. The lowest BCUT2D eigenvalue weighted by Crippen LogP contribution is -1.97. The maximum atomic E-state index is 10.2. The summed E-state index contributed by atoms with van der Waals surface area (Å²) in [6, 6.07) is 10.7. The molecule has 0 fully saturated rings. The normalized spacial score (nSPS) is 11.3. The third-order valence-corrected chi connectivity index (χ3v) is 6.33. The van der Waals surface area contributed by atoms with E-state index in [1.165, 1.54) is 6.21 Å². The number of fused-ring (bicyclic) bond motifs is 1. The van der Waals surface area contributed by atoms with Crippen molar-refractivity contribution in [3.8, 4) is 40.1 Å². The van der Waals surface area contributed by atoms with Crippen LogP contribution in [0.4, 0.5) is 5.69 Å². The number of imidazole rings is 1. The van der Waals surface area contributed by atoms with Crippen LogP contribution in [0, 0.1) is 0 Å². The topological polar surface area (TPSA) is 109 Å². The van der Waals surface area contributed by atoms with E-state index in [-0.39, 0.29) is 16.0 Å². The van der Waals surface area contributed by atoms with Gasteiger partial charge in [-0.25, -0.2) is 4.98 Å². The summed E-state index contributed by atoms with van der Waals surface area (Å²) in [5.41, 5.74) is 3.33. The summed E-state index contributed by atoms with van der Waals surface area (Å²) >= 11 is 6.42. The molecule has 170 valence electrons. The van der Waals surface area contributed by atoms with Gasteiger partial charge in [0.1, 0.15) is 21.8 Å². The van der Waals surface area contributed by atoms with E-state index in [4.69, 9.17) is 14.2 Å². The minimum absolute atomic E-state index is 0.0818. The summed E-state index contributed by atoms with van der Waals surface area (Å²) < 4.78 is 17.0.